The van der Waals surface area contributed by atoms with Crippen molar-refractivity contribution in [2.24, 2.45) is 13.0 Å². The molecule has 1 amide bonds. The molecule has 2 aliphatic heterocycles. The maximum Gasteiger partial charge on any atom is 0.274 e. The fraction of sp³-hybridized carbons (Fsp3) is 0.810. The van der Waals surface area contributed by atoms with Crippen LogP contribution in [0.1, 0.15) is 53.8 Å². The Hall–Kier alpha value is -1.44. The average Bonchev–Trinajstić information content (AvgIpc) is 3.09. The number of rotatable bonds is 5. The number of carbonyl (C=O) groups excluding carboxylic acids is 1. The van der Waals surface area contributed by atoms with Gasteiger partial charge in [-0.25, -0.2) is 0 Å². The molecule has 2 saturated heterocycles. The van der Waals surface area contributed by atoms with Crippen molar-refractivity contribution >= 4 is 5.91 Å². The van der Waals surface area contributed by atoms with Crippen LogP contribution in [0, 0.1) is 5.92 Å². The average molecular weight is 391 g/mol. The van der Waals surface area contributed by atoms with Gasteiger partial charge in [0, 0.05) is 57.1 Å². The summed E-state index contributed by atoms with van der Waals surface area (Å²) in [5.41, 5.74) is 3.11. The van der Waals surface area contributed by atoms with Crippen LogP contribution < -0.4 is 0 Å². The summed E-state index contributed by atoms with van der Waals surface area (Å²) in [7, 11) is 1.97. The fourth-order valence-corrected chi connectivity index (χ4v) is 5.33. The highest BCUT2D eigenvalue weighted by Crippen LogP contribution is 2.30. The molecule has 7 nitrogen and oxygen atoms in total. The molecule has 3 heterocycles. The third-order valence-electron chi connectivity index (χ3n) is 6.80. The topological polar surface area (TPSA) is 70.8 Å². The van der Waals surface area contributed by atoms with Crippen molar-refractivity contribution in [1.82, 2.24) is 19.6 Å². The second-order valence-electron chi connectivity index (χ2n) is 8.49. The lowest BCUT2D eigenvalue weighted by atomic mass is 9.86. The summed E-state index contributed by atoms with van der Waals surface area (Å²) < 4.78 is 7.44. The predicted molar refractivity (Wildman–Crippen MR) is 106 cm³/mol. The molecule has 0 saturated carbocycles. The van der Waals surface area contributed by atoms with Crippen LogP contribution in [-0.2, 0) is 24.6 Å². The summed E-state index contributed by atoms with van der Waals surface area (Å²) >= 11 is 0. The highest BCUT2D eigenvalue weighted by atomic mass is 16.5. The number of aromatic nitrogens is 2. The van der Waals surface area contributed by atoms with Gasteiger partial charge in [-0.05, 0) is 50.9 Å². The largest absolute Gasteiger partial charge is 0.396 e. The van der Waals surface area contributed by atoms with Gasteiger partial charge in [-0.1, -0.05) is 0 Å². The number of aryl methyl sites for hydroxylation is 1. The molecule has 0 bridgehead atoms. The van der Waals surface area contributed by atoms with Crippen LogP contribution in [0.5, 0.6) is 0 Å². The Kier molecular flexibility index (Phi) is 6.33. The van der Waals surface area contributed by atoms with Gasteiger partial charge in [0.05, 0.1) is 13.2 Å². The number of aliphatic hydroxyl groups is 1. The molecule has 1 aromatic rings. The molecule has 28 heavy (non-hydrogen) atoms. The molecule has 2 unspecified atom stereocenters. The molecule has 0 aromatic carbocycles. The van der Waals surface area contributed by atoms with Crippen LogP contribution in [0.4, 0.5) is 0 Å². The van der Waals surface area contributed by atoms with Crippen LogP contribution in [0.2, 0.25) is 0 Å². The Morgan fingerprint density at radius 2 is 2.00 bits per heavy atom. The number of fused-ring (bicyclic) bond motifs is 1. The maximum absolute atomic E-state index is 13.4. The van der Waals surface area contributed by atoms with Crippen molar-refractivity contribution in [3.8, 4) is 0 Å². The normalized spacial score (nSPS) is 26.3. The lowest BCUT2D eigenvalue weighted by molar-refractivity contribution is -0.0197. The van der Waals surface area contributed by atoms with E-state index in [-0.39, 0.29) is 12.5 Å². The number of morpholine rings is 1. The van der Waals surface area contributed by atoms with E-state index in [4.69, 9.17) is 4.74 Å². The standard InChI is InChI=1S/C21H34N4O3/c1-23-19-7-3-2-6-17(19)20(22-23)21(27)25-9-8-18(16(15-25)5-4-12-26)24-10-13-28-14-11-24/h16,18,26H,2-15H2,1H3. The first-order chi connectivity index (χ1) is 13.7. The minimum atomic E-state index is 0.105. The minimum absolute atomic E-state index is 0.105. The van der Waals surface area contributed by atoms with Gasteiger partial charge in [0.2, 0.25) is 0 Å². The molecule has 0 spiro atoms. The lowest BCUT2D eigenvalue weighted by Crippen LogP contribution is -2.55. The van der Waals surface area contributed by atoms with Crippen molar-refractivity contribution in [3.05, 3.63) is 17.0 Å². The number of piperidine rings is 1. The number of aliphatic hydroxyl groups excluding tert-OH is 1. The molecule has 0 radical (unpaired) electrons. The van der Waals surface area contributed by atoms with E-state index in [2.05, 4.69) is 10.00 Å². The van der Waals surface area contributed by atoms with Gasteiger partial charge < -0.3 is 14.7 Å². The van der Waals surface area contributed by atoms with Crippen LogP contribution in [0.3, 0.4) is 0 Å². The molecule has 1 aliphatic carbocycles. The van der Waals surface area contributed by atoms with Crippen molar-refractivity contribution < 1.29 is 14.6 Å². The number of amides is 1. The number of ether oxygens (including phenoxy) is 1. The monoisotopic (exact) mass is 390 g/mol. The first-order valence-electron chi connectivity index (χ1n) is 11.0. The van der Waals surface area contributed by atoms with Gasteiger partial charge in [-0.15, -0.1) is 0 Å². The first-order valence-corrected chi connectivity index (χ1v) is 11.0. The smallest absolute Gasteiger partial charge is 0.274 e. The van der Waals surface area contributed by atoms with Gasteiger partial charge in [0.1, 0.15) is 0 Å². The Bertz CT molecular complexity index is 683. The molecule has 4 rings (SSSR count). The van der Waals surface area contributed by atoms with E-state index in [9.17, 15) is 9.90 Å². The summed E-state index contributed by atoms with van der Waals surface area (Å²) in [4.78, 5) is 17.9. The fourth-order valence-electron chi connectivity index (χ4n) is 5.33. The Labute approximate surface area is 167 Å². The zero-order valence-corrected chi connectivity index (χ0v) is 17.1. The number of likely N-dealkylation sites (tertiary alicyclic amines) is 1. The third-order valence-corrected chi connectivity index (χ3v) is 6.80. The second-order valence-corrected chi connectivity index (χ2v) is 8.49. The van der Waals surface area contributed by atoms with Gasteiger partial charge in [-0.3, -0.25) is 14.4 Å². The number of hydrogen-bond donors (Lipinski definition) is 1. The van der Waals surface area contributed by atoms with E-state index in [1.807, 2.05) is 16.6 Å². The zero-order chi connectivity index (χ0) is 19.5. The number of carbonyl (C=O) groups is 1. The summed E-state index contributed by atoms with van der Waals surface area (Å²) in [6.45, 7) is 5.32. The number of nitrogens with zero attached hydrogens (tertiary/aromatic N) is 4. The van der Waals surface area contributed by atoms with E-state index in [1.54, 1.807) is 0 Å². The Balaban J connectivity index is 1.49. The molecular weight excluding hydrogens is 356 g/mol. The molecule has 1 aromatic heterocycles. The van der Waals surface area contributed by atoms with Gasteiger partial charge in [-0.2, -0.15) is 5.10 Å². The minimum Gasteiger partial charge on any atom is -0.396 e. The predicted octanol–water partition coefficient (Wildman–Crippen LogP) is 1.23. The van der Waals surface area contributed by atoms with Crippen LogP contribution in [0.15, 0.2) is 0 Å². The van der Waals surface area contributed by atoms with Crippen LogP contribution in [-0.4, -0.2) is 82.6 Å². The molecular formula is C21H34N4O3. The van der Waals surface area contributed by atoms with Gasteiger partial charge >= 0.3 is 0 Å². The molecule has 156 valence electrons. The van der Waals surface area contributed by atoms with Crippen LogP contribution in [0.25, 0.3) is 0 Å². The molecule has 2 fully saturated rings. The molecule has 1 N–H and O–H groups in total. The van der Waals surface area contributed by atoms with E-state index in [1.165, 1.54) is 17.7 Å². The van der Waals surface area contributed by atoms with Gasteiger partial charge in [0.15, 0.2) is 5.69 Å². The number of hydrogen-bond acceptors (Lipinski definition) is 5. The highest BCUT2D eigenvalue weighted by Gasteiger charge is 2.37. The summed E-state index contributed by atoms with van der Waals surface area (Å²) in [5, 5.41) is 14.0. The van der Waals surface area contributed by atoms with E-state index in [0.29, 0.717) is 17.7 Å². The van der Waals surface area contributed by atoms with Crippen molar-refractivity contribution in [2.45, 2.75) is 51.0 Å². The van der Waals surface area contributed by atoms with E-state index < -0.39 is 0 Å². The van der Waals surface area contributed by atoms with E-state index in [0.717, 1.165) is 77.9 Å². The quantitative estimate of drug-likeness (QED) is 0.819. The highest BCUT2D eigenvalue weighted by molar-refractivity contribution is 5.94. The second kappa shape index (κ2) is 8.93. The zero-order valence-electron chi connectivity index (χ0n) is 17.1. The maximum atomic E-state index is 13.4. The Morgan fingerprint density at radius 1 is 1.21 bits per heavy atom. The molecule has 2 atom stereocenters. The van der Waals surface area contributed by atoms with E-state index >= 15 is 0 Å². The van der Waals surface area contributed by atoms with Crippen molar-refractivity contribution in [3.63, 3.8) is 0 Å². The van der Waals surface area contributed by atoms with Crippen molar-refractivity contribution in [2.75, 3.05) is 46.0 Å². The van der Waals surface area contributed by atoms with Crippen LogP contribution >= 0.6 is 0 Å². The molecule has 7 heteroatoms. The van der Waals surface area contributed by atoms with Gasteiger partial charge in [0.25, 0.3) is 5.91 Å². The summed E-state index contributed by atoms with van der Waals surface area (Å²) in [6, 6.07) is 0.483. The summed E-state index contributed by atoms with van der Waals surface area (Å²) in [5.74, 6) is 0.510. The SMILES string of the molecule is Cn1nc(C(=O)N2CCC(N3CCOCC3)C(CCCO)C2)c2c1CCCC2. The van der Waals surface area contributed by atoms with Crippen molar-refractivity contribution in [1.29, 1.82) is 0 Å². The third kappa shape index (κ3) is 3.98. The molecule has 3 aliphatic rings. The lowest BCUT2D eigenvalue weighted by Gasteiger charge is -2.45. The Morgan fingerprint density at radius 3 is 2.79 bits per heavy atom. The summed E-state index contributed by atoms with van der Waals surface area (Å²) in [6.07, 6.45) is 7.10. The first kappa shape index (κ1) is 19.9.